The fourth-order valence-electron chi connectivity index (χ4n) is 2.38. The van der Waals surface area contributed by atoms with Gasteiger partial charge in [-0.1, -0.05) is 29.8 Å². The summed E-state index contributed by atoms with van der Waals surface area (Å²) < 4.78 is 4.97. The molecule has 0 saturated carbocycles. The third-order valence-electron chi connectivity index (χ3n) is 3.40. The van der Waals surface area contributed by atoms with E-state index in [2.05, 4.69) is 41.5 Å². The molecule has 0 aliphatic carbocycles. The second-order valence-corrected chi connectivity index (χ2v) is 5.12. The molecule has 5 heteroatoms. The summed E-state index contributed by atoms with van der Waals surface area (Å²) in [6, 6.07) is 11.9. The van der Waals surface area contributed by atoms with E-state index in [1.807, 2.05) is 0 Å². The van der Waals surface area contributed by atoms with Crippen LogP contribution < -0.4 is 16.8 Å². The van der Waals surface area contributed by atoms with E-state index in [1.165, 1.54) is 11.1 Å². The Morgan fingerprint density at radius 1 is 1.29 bits per heavy atom. The summed E-state index contributed by atoms with van der Waals surface area (Å²) in [5.41, 5.74) is 11.0. The summed E-state index contributed by atoms with van der Waals surface area (Å²) in [7, 11) is 0. The second-order valence-electron chi connectivity index (χ2n) is 5.12. The van der Waals surface area contributed by atoms with E-state index in [4.69, 9.17) is 10.2 Å². The summed E-state index contributed by atoms with van der Waals surface area (Å²) in [5.74, 6) is -0.471. The minimum atomic E-state index is -0.471. The van der Waals surface area contributed by atoms with Gasteiger partial charge in [0.1, 0.15) is 0 Å². The topological polar surface area (TPSA) is 84.0 Å². The maximum Gasteiger partial charge on any atom is 0.417 e. The zero-order chi connectivity index (χ0) is 14.8. The first-order valence-corrected chi connectivity index (χ1v) is 6.83. The molecule has 4 N–H and O–H groups in total. The average molecular weight is 283 g/mol. The highest BCUT2D eigenvalue weighted by atomic mass is 16.4. The zero-order valence-electron chi connectivity index (χ0n) is 11.8. The largest absolute Gasteiger partial charge is 0.417 e. The molecule has 2 aromatic carbocycles. The molecule has 1 heterocycles. The van der Waals surface area contributed by atoms with E-state index < -0.39 is 5.76 Å². The monoisotopic (exact) mass is 283 g/mol. The van der Waals surface area contributed by atoms with Crippen molar-refractivity contribution in [3.05, 3.63) is 58.1 Å². The van der Waals surface area contributed by atoms with Crippen molar-refractivity contribution in [2.75, 3.05) is 17.6 Å². The number of aromatic nitrogens is 1. The molecule has 0 fully saturated rings. The first-order chi connectivity index (χ1) is 10.1. The lowest BCUT2D eigenvalue weighted by Crippen LogP contribution is -2.07. The number of anilines is 2. The van der Waals surface area contributed by atoms with E-state index in [0.717, 1.165) is 18.7 Å². The molecule has 0 atom stereocenters. The Labute approximate surface area is 121 Å². The molecule has 0 amide bonds. The molecule has 0 aliphatic rings. The standard InChI is InChI=1S/C16H17N3O2/c1-10-3-2-4-11(7-10)5-6-18-13-9-14-15(8-12(13)17)21-16(20)19-14/h2-4,7-9,18H,5-6,17H2,1H3,(H,19,20). The Morgan fingerprint density at radius 3 is 2.95 bits per heavy atom. The van der Waals surface area contributed by atoms with Gasteiger partial charge in [-0.2, -0.15) is 0 Å². The third-order valence-corrected chi connectivity index (χ3v) is 3.40. The van der Waals surface area contributed by atoms with Crippen LogP contribution in [-0.2, 0) is 6.42 Å². The first kappa shape index (κ1) is 13.3. The average Bonchev–Trinajstić information content (AvgIpc) is 2.78. The molecule has 0 unspecified atom stereocenters. The van der Waals surface area contributed by atoms with Crippen LogP contribution in [0.2, 0.25) is 0 Å². The number of fused-ring (bicyclic) bond motifs is 1. The number of nitrogen functional groups attached to an aromatic ring is 1. The number of aryl methyl sites for hydroxylation is 1. The van der Waals surface area contributed by atoms with Gasteiger partial charge in [-0.25, -0.2) is 4.79 Å². The number of nitrogens with two attached hydrogens (primary N) is 1. The van der Waals surface area contributed by atoms with Crippen molar-refractivity contribution in [2.45, 2.75) is 13.3 Å². The smallest absolute Gasteiger partial charge is 0.408 e. The lowest BCUT2D eigenvalue weighted by atomic mass is 10.1. The molecular formula is C16H17N3O2. The zero-order valence-corrected chi connectivity index (χ0v) is 11.8. The summed E-state index contributed by atoms with van der Waals surface area (Å²) in [6.07, 6.45) is 0.904. The van der Waals surface area contributed by atoms with Crippen molar-refractivity contribution < 1.29 is 4.42 Å². The fraction of sp³-hybridized carbons (Fsp3) is 0.188. The number of benzene rings is 2. The van der Waals surface area contributed by atoms with Crippen molar-refractivity contribution in [1.82, 2.24) is 4.98 Å². The maximum absolute atomic E-state index is 11.2. The molecule has 3 aromatic rings. The van der Waals surface area contributed by atoms with Crippen LogP contribution in [0.4, 0.5) is 11.4 Å². The number of hydrogen-bond acceptors (Lipinski definition) is 4. The van der Waals surface area contributed by atoms with Crippen LogP contribution in [0.25, 0.3) is 11.1 Å². The summed E-state index contributed by atoms with van der Waals surface area (Å²) in [4.78, 5) is 13.8. The summed E-state index contributed by atoms with van der Waals surface area (Å²) >= 11 is 0. The van der Waals surface area contributed by atoms with Gasteiger partial charge < -0.3 is 15.5 Å². The minimum absolute atomic E-state index is 0.471. The van der Waals surface area contributed by atoms with Gasteiger partial charge in [0.2, 0.25) is 0 Å². The van der Waals surface area contributed by atoms with E-state index in [9.17, 15) is 4.79 Å². The Bertz CT molecular complexity index is 833. The van der Waals surface area contributed by atoms with Crippen LogP contribution in [0.5, 0.6) is 0 Å². The summed E-state index contributed by atoms with van der Waals surface area (Å²) in [6.45, 7) is 2.85. The quantitative estimate of drug-likeness (QED) is 0.643. The summed E-state index contributed by atoms with van der Waals surface area (Å²) in [5, 5.41) is 3.29. The van der Waals surface area contributed by atoms with Crippen molar-refractivity contribution in [1.29, 1.82) is 0 Å². The van der Waals surface area contributed by atoms with Crippen LogP contribution in [-0.4, -0.2) is 11.5 Å². The molecule has 0 bridgehead atoms. The van der Waals surface area contributed by atoms with Gasteiger partial charge >= 0.3 is 5.76 Å². The van der Waals surface area contributed by atoms with Gasteiger partial charge in [-0.3, -0.25) is 4.98 Å². The van der Waals surface area contributed by atoms with Crippen molar-refractivity contribution in [3.63, 3.8) is 0 Å². The molecule has 0 spiro atoms. The lowest BCUT2D eigenvalue weighted by Gasteiger charge is -2.09. The van der Waals surface area contributed by atoms with Crippen molar-refractivity contribution >= 4 is 22.5 Å². The van der Waals surface area contributed by atoms with E-state index in [1.54, 1.807) is 12.1 Å². The van der Waals surface area contributed by atoms with E-state index >= 15 is 0 Å². The predicted octanol–water partition coefficient (Wildman–Crippen LogP) is 2.67. The van der Waals surface area contributed by atoms with Crippen LogP contribution in [0.3, 0.4) is 0 Å². The minimum Gasteiger partial charge on any atom is -0.408 e. The van der Waals surface area contributed by atoms with Gasteiger partial charge in [-0.05, 0) is 25.0 Å². The number of aromatic amines is 1. The van der Waals surface area contributed by atoms with E-state index in [-0.39, 0.29) is 0 Å². The molecule has 21 heavy (non-hydrogen) atoms. The van der Waals surface area contributed by atoms with Gasteiger partial charge in [0.25, 0.3) is 0 Å². The molecule has 0 radical (unpaired) electrons. The highest BCUT2D eigenvalue weighted by Crippen LogP contribution is 2.24. The highest BCUT2D eigenvalue weighted by molar-refractivity contribution is 5.85. The Kier molecular flexibility index (Phi) is 3.39. The van der Waals surface area contributed by atoms with Crippen LogP contribution >= 0.6 is 0 Å². The van der Waals surface area contributed by atoms with Crippen molar-refractivity contribution in [2.24, 2.45) is 0 Å². The van der Waals surface area contributed by atoms with E-state index in [0.29, 0.717) is 16.8 Å². The molecule has 0 saturated heterocycles. The van der Waals surface area contributed by atoms with Crippen molar-refractivity contribution in [3.8, 4) is 0 Å². The Hall–Kier alpha value is -2.69. The van der Waals surface area contributed by atoms with Gasteiger partial charge in [0.05, 0.1) is 16.9 Å². The number of H-pyrrole nitrogens is 1. The second kappa shape index (κ2) is 5.36. The molecule has 5 nitrogen and oxygen atoms in total. The maximum atomic E-state index is 11.2. The molecule has 1 aromatic heterocycles. The fourth-order valence-corrected chi connectivity index (χ4v) is 2.38. The number of oxazole rings is 1. The van der Waals surface area contributed by atoms with Gasteiger partial charge in [-0.15, -0.1) is 0 Å². The number of rotatable bonds is 4. The SMILES string of the molecule is Cc1cccc(CCNc2cc3[nH]c(=O)oc3cc2N)c1. The first-order valence-electron chi connectivity index (χ1n) is 6.83. The molecular weight excluding hydrogens is 266 g/mol. The van der Waals surface area contributed by atoms with Gasteiger partial charge in [0, 0.05) is 12.6 Å². The number of nitrogens with one attached hydrogen (secondary N) is 2. The normalized spacial score (nSPS) is 10.9. The van der Waals surface area contributed by atoms with Crippen LogP contribution in [0.1, 0.15) is 11.1 Å². The third kappa shape index (κ3) is 2.91. The molecule has 0 aliphatic heterocycles. The Morgan fingerprint density at radius 2 is 2.14 bits per heavy atom. The molecule has 3 rings (SSSR count). The predicted molar refractivity (Wildman–Crippen MR) is 84.6 cm³/mol. The van der Waals surface area contributed by atoms with Crippen LogP contribution in [0, 0.1) is 6.92 Å². The Balaban J connectivity index is 1.72. The lowest BCUT2D eigenvalue weighted by molar-refractivity contribution is 0.555. The van der Waals surface area contributed by atoms with Crippen LogP contribution in [0.15, 0.2) is 45.6 Å². The van der Waals surface area contributed by atoms with Gasteiger partial charge in [0.15, 0.2) is 5.58 Å². The molecule has 108 valence electrons. The number of hydrogen-bond donors (Lipinski definition) is 3. The highest BCUT2D eigenvalue weighted by Gasteiger charge is 2.06.